The Morgan fingerprint density at radius 2 is 2.10 bits per heavy atom. The Kier molecular flexibility index (Phi) is 4.29. The van der Waals surface area contributed by atoms with Crippen molar-refractivity contribution in [3.05, 3.63) is 36.0 Å². The van der Waals surface area contributed by atoms with Gasteiger partial charge in [-0.3, -0.25) is 4.90 Å². The molecule has 112 valence electrons. The van der Waals surface area contributed by atoms with Crippen LogP contribution >= 0.6 is 0 Å². The molecular weight excluding hydrogens is 269 g/mol. The summed E-state index contributed by atoms with van der Waals surface area (Å²) in [7, 11) is 0. The predicted molar refractivity (Wildman–Crippen MR) is 78.0 cm³/mol. The Labute approximate surface area is 124 Å². The van der Waals surface area contributed by atoms with Crippen molar-refractivity contribution in [3.8, 4) is 11.4 Å². The lowest BCUT2D eigenvalue weighted by atomic mass is 10.0. The van der Waals surface area contributed by atoms with Crippen molar-refractivity contribution in [2.75, 3.05) is 6.54 Å². The first kappa shape index (κ1) is 14.2. The minimum Gasteiger partial charge on any atom is -0.338 e. The minimum absolute atomic E-state index is 0.262. The Hall–Kier alpha value is -1.75. The van der Waals surface area contributed by atoms with Crippen LogP contribution in [0.4, 0.5) is 4.39 Å². The molecule has 3 rings (SSSR count). The van der Waals surface area contributed by atoms with Gasteiger partial charge in [0.05, 0.1) is 6.54 Å². The molecule has 0 N–H and O–H groups in total. The third-order valence-electron chi connectivity index (χ3n) is 4.13. The van der Waals surface area contributed by atoms with Crippen molar-refractivity contribution >= 4 is 0 Å². The van der Waals surface area contributed by atoms with Gasteiger partial charge in [0.1, 0.15) is 5.82 Å². The van der Waals surface area contributed by atoms with E-state index in [0.29, 0.717) is 24.3 Å². The van der Waals surface area contributed by atoms with E-state index in [4.69, 9.17) is 4.52 Å². The lowest BCUT2D eigenvalue weighted by Gasteiger charge is -2.33. The van der Waals surface area contributed by atoms with Crippen LogP contribution in [0, 0.1) is 5.82 Å². The lowest BCUT2D eigenvalue weighted by Crippen LogP contribution is -2.38. The van der Waals surface area contributed by atoms with Crippen LogP contribution in [0.5, 0.6) is 0 Å². The fourth-order valence-corrected chi connectivity index (χ4v) is 2.94. The van der Waals surface area contributed by atoms with Gasteiger partial charge in [-0.25, -0.2) is 4.39 Å². The number of piperidine rings is 1. The molecule has 1 atom stereocenters. The maximum absolute atomic E-state index is 12.9. The number of halogens is 1. The summed E-state index contributed by atoms with van der Waals surface area (Å²) in [5, 5.41) is 4.00. The van der Waals surface area contributed by atoms with E-state index in [1.807, 2.05) is 0 Å². The van der Waals surface area contributed by atoms with Crippen LogP contribution in [0.25, 0.3) is 11.4 Å². The molecule has 5 heteroatoms. The summed E-state index contributed by atoms with van der Waals surface area (Å²) in [6.45, 7) is 4.01. The summed E-state index contributed by atoms with van der Waals surface area (Å²) < 4.78 is 18.3. The molecule has 1 saturated heterocycles. The third kappa shape index (κ3) is 3.29. The van der Waals surface area contributed by atoms with E-state index in [1.54, 1.807) is 12.1 Å². The fourth-order valence-electron chi connectivity index (χ4n) is 2.94. The van der Waals surface area contributed by atoms with Crippen molar-refractivity contribution in [3.63, 3.8) is 0 Å². The zero-order chi connectivity index (χ0) is 14.7. The summed E-state index contributed by atoms with van der Waals surface area (Å²) in [5.74, 6) is 0.895. The van der Waals surface area contributed by atoms with E-state index in [-0.39, 0.29) is 5.82 Å². The molecule has 2 heterocycles. The first-order valence-electron chi connectivity index (χ1n) is 7.59. The summed E-state index contributed by atoms with van der Waals surface area (Å²) >= 11 is 0. The highest BCUT2D eigenvalue weighted by molar-refractivity contribution is 5.53. The van der Waals surface area contributed by atoms with E-state index in [2.05, 4.69) is 22.0 Å². The molecule has 1 aromatic heterocycles. The van der Waals surface area contributed by atoms with Gasteiger partial charge in [0.2, 0.25) is 11.7 Å². The van der Waals surface area contributed by atoms with Crippen molar-refractivity contribution in [2.45, 2.75) is 45.2 Å². The molecule has 1 fully saturated rings. The van der Waals surface area contributed by atoms with Gasteiger partial charge < -0.3 is 4.52 Å². The molecule has 0 amide bonds. The van der Waals surface area contributed by atoms with E-state index < -0.39 is 0 Å². The van der Waals surface area contributed by atoms with Crippen LogP contribution < -0.4 is 0 Å². The fraction of sp³-hybridized carbons (Fsp3) is 0.500. The highest BCUT2D eigenvalue weighted by Gasteiger charge is 2.22. The Morgan fingerprint density at radius 1 is 1.29 bits per heavy atom. The second kappa shape index (κ2) is 6.35. The van der Waals surface area contributed by atoms with Gasteiger partial charge in [-0.2, -0.15) is 4.98 Å². The van der Waals surface area contributed by atoms with Crippen LogP contribution in [0.3, 0.4) is 0 Å². The van der Waals surface area contributed by atoms with Crippen LogP contribution in [-0.4, -0.2) is 27.6 Å². The van der Waals surface area contributed by atoms with Gasteiger partial charge in [0, 0.05) is 11.6 Å². The first-order chi connectivity index (χ1) is 10.3. The normalized spacial score (nSPS) is 19.8. The predicted octanol–water partition coefficient (Wildman–Crippen LogP) is 3.64. The summed E-state index contributed by atoms with van der Waals surface area (Å²) in [4.78, 5) is 6.85. The van der Waals surface area contributed by atoms with Gasteiger partial charge in [0.15, 0.2) is 0 Å². The number of aromatic nitrogens is 2. The molecule has 0 aliphatic carbocycles. The Morgan fingerprint density at radius 3 is 2.86 bits per heavy atom. The van der Waals surface area contributed by atoms with E-state index in [9.17, 15) is 4.39 Å². The molecule has 1 aliphatic heterocycles. The summed E-state index contributed by atoms with van der Waals surface area (Å²) in [5.41, 5.74) is 0.775. The molecule has 4 nitrogen and oxygen atoms in total. The van der Waals surface area contributed by atoms with Crippen LogP contribution in [-0.2, 0) is 6.54 Å². The number of benzene rings is 1. The molecule has 0 bridgehead atoms. The van der Waals surface area contributed by atoms with Gasteiger partial charge in [-0.1, -0.05) is 18.5 Å². The van der Waals surface area contributed by atoms with Crippen molar-refractivity contribution in [1.29, 1.82) is 0 Å². The zero-order valence-electron chi connectivity index (χ0n) is 12.3. The van der Waals surface area contributed by atoms with Crippen molar-refractivity contribution in [1.82, 2.24) is 15.0 Å². The molecular formula is C16H20FN3O. The molecule has 0 spiro atoms. The summed E-state index contributed by atoms with van der Waals surface area (Å²) in [6.07, 6.45) is 4.93. The third-order valence-corrected chi connectivity index (χ3v) is 4.13. The second-order valence-corrected chi connectivity index (χ2v) is 5.55. The molecule has 1 aromatic carbocycles. The molecule has 0 radical (unpaired) electrons. The van der Waals surface area contributed by atoms with Crippen molar-refractivity contribution in [2.24, 2.45) is 0 Å². The number of rotatable bonds is 4. The smallest absolute Gasteiger partial charge is 0.241 e. The maximum Gasteiger partial charge on any atom is 0.241 e. The van der Waals surface area contributed by atoms with E-state index >= 15 is 0 Å². The van der Waals surface area contributed by atoms with Gasteiger partial charge in [-0.05, 0) is 50.1 Å². The number of likely N-dealkylation sites (tertiary alicyclic amines) is 1. The molecule has 1 aliphatic rings. The number of hydrogen-bond donors (Lipinski definition) is 0. The highest BCUT2D eigenvalue weighted by Crippen LogP contribution is 2.22. The Bertz CT molecular complexity index is 581. The molecule has 0 saturated carbocycles. The quantitative estimate of drug-likeness (QED) is 0.861. The van der Waals surface area contributed by atoms with E-state index in [1.165, 1.54) is 31.4 Å². The molecule has 1 unspecified atom stereocenters. The lowest BCUT2D eigenvalue weighted by molar-refractivity contribution is 0.120. The molecule has 21 heavy (non-hydrogen) atoms. The van der Waals surface area contributed by atoms with E-state index in [0.717, 1.165) is 18.5 Å². The van der Waals surface area contributed by atoms with Gasteiger partial charge >= 0.3 is 0 Å². The average molecular weight is 289 g/mol. The van der Waals surface area contributed by atoms with Crippen LogP contribution in [0.15, 0.2) is 28.8 Å². The van der Waals surface area contributed by atoms with Gasteiger partial charge in [-0.15, -0.1) is 0 Å². The van der Waals surface area contributed by atoms with Gasteiger partial charge in [0.25, 0.3) is 0 Å². The number of nitrogens with zero attached hydrogens (tertiary/aromatic N) is 3. The standard InChI is InChI=1S/C16H20FN3O/c1-2-14-5-3-4-10-20(14)11-15-18-16(19-21-15)12-6-8-13(17)9-7-12/h6-9,14H,2-5,10-11H2,1H3. The zero-order valence-corrected chi connectivity index (χ0v) is 12.3. The Balaban J connectivity index is 1.71. The SMILES string of the molecule is CCC1CCCCN1Cc1nc(-c2ccc(F)cc2)no1. The largest absolute Gasteiger partial charge is 0.338 e. The highest BCUT2D eigenvalue weighted by atomic mass is 19.1. The second-order valence-electron chi connectivity index (χ2n) is 5.55. The van der Waals surface area contributed by atoms with Crippen LogP contribution in [0.1, 0.15) is 38.5 Å². The summed E-state index contributed by atoms with van der Waals surface area (Å²) in [6, 6.07) is 6.76. The van der Waals surface area contributed by atoms with Crippen LogP contribution in [0.2, 0.25) is 0 Å². The first-order valence-corrected chi connectivity index (χ1v) is 7.59. The average Bonchev–Trinajstić information content (AvgIpc) is 2.97. The number of hydrogen-bond acceptors (Lipinski definition) is 4. The maximum atomic E-state index is 12.9. The molecule has 2 aromatic rings. The minimum atomic E-state index is -0.262. The topological polar surface area (TPSA) is 42.2 Å². The van der Waals surface area contributed by atoms with Crippen molar-refractivity contribution < 1.29 is 8.91 Å². The monoisotopic (exact) mass is 289 g/mol.